The maximum Gasteiger partial charge on any atom is 0.486 e. The van der Waals surface area contributed by atoms with Gasteiger partial charge in [-0.1, -0.05) is 18.2 Å². The van der Waals surface area contributed by atoms with E-state index >= 15 is 0 Å². The van der Waals surface area contributed by atoms with E-state index < -0.39 is 36.6 Å². The van der Waals surface area contributed by atoms with Crippen molar-refractivity contribution in [2.75, 3.05) is 5.32 Å². The molecule has 2 heterocycles. The zero-order valence-electron chi connectivity index (χ0n) is 18.7. The van der Waals surface area contributed by atoms with Gasteiger partial charge in [-0.05, 0) is 79.0 Å². The van der Waals surface area contributed by atoms with Crippen LogP contribution in [0.15, 0.2) is 41.8 Å². The predicted molar refractivity (Wildman–Crippen MR) is 115 cm³/mol. The topological polar surface area (TPSA) is 66.0 Å². The summed E-state index contributed by atoms with van der Waals surface area (Å²) in [5.41, 5.74) is -1.48. The first kappa shape index (κ1) is 22.1. The zero-order valence-corrected chi connectivity index (χ0v) is 18.7. The van der Waals surface area contributed by atoms with Crippen molar-refractivity contribution in [3.05, 3.63) is 41.8 Å². The van der Waals surface area contributed by atoms with Gasteiger partial charge in [0.25, 0.3) is 0 Å². The van der Waals surface area contributed by atoms with Gasteiger partial charge in [0, 0.05) is 5.69 Å². The summed E-state index contributed by atoms with van der Waals surface area (Å²) in [6.45, 7) is 15.8. The largest absolute Gasteiger partial charge is 0.486 e. The van der Waals surface area contributed by atoms with Crippen LogP contribution in [-0.2, 0) is 23.4 Å². The Morgan fingerprint density at radius 3 is 1.52 bits per heavy atom. The second-order valence-electron chi connectivity index (χ2n) is 9.68. The van der Waals surface area contributed by atoms with Crippen LogP contribution < -0.4 is 5.32 Å². The molecule has 1 aromatic carbocycles. The first-order valence-electron chi connectivity index (χ1n) is 10.0. The van der Waals surface area contributed by atoms with Crippen molar-refractivity contribution < 1.29 is 23.4 Å². The second kappa shape index (κ2) is 7.27. The quantitative estimate of drug-likeness (QED) is 0.616. The summed E-state index contributed by atoms with van der Waals surface area (Å²) in [7, 11) is -1.51. The minimum absolute atomic E-state index is 0.296. The highest BCUT2D eigenvalue weighted by Gasteiger charge is 2.59. The van der Waals surface area contributed by atoms with Gasteiger partial charge in [0.15, 0.2) is 0 Å². The number of hydrogen-bond donors (Lipinski definition) is 1. The van der Waals surface area contributed by atoms with E-state index in [4.69, 9.17) is 18.6 Å². The fourth-order valence-corrected chi connectivity index (χ4v) is 3.06. The van der Waals surface area contributed by atoms with Crippen LogP contribution in [-0.4, -0.2) is 42.5 Å². The number of anilines is 1. The summed E-state index contributed by atoms with van der Waals surface area (Å²) in [4.78, 5) is 12.8. The third-order valence-corrected chi connectivity index (χ3v) is 6.39. The van der Waals surface area contributed by atoms with E-state index in [2.05, 4.69) is 5.32 Å². The van der Waals surface area contributed by atoms with Gasteiger partial charge < -0.3 is 23.9 Å². The summed E-state index contributed by atoms with van der Waals surface area (Å²) in [5.74, 6) is -0.296. The van der Waals surface area contributed by atoms with E-state index in [9.17, 15) is 4.79 Å². The molecule has 3 rings (SSSR count). The number of carbonyl (C=O) groups excluding carboxylic acids is 1. The van der Waals surface area contributed by atoms with E-state index in [1.165, 1.54) is 6.08 Å². The fraction of sp³-hybridized carbons (Fsp3) is 0.571. The summed E-state index contributed by atoms with van der Waals surface area (Å²) in [5, 5.41) is 3.37. The van der Waals surface area contributed by atoms with Crippen LogP contribution in [0.4, 0.5) is 5.69 Å². The van der Waals surface area contributed by atoms with Crippen LogP contribution in [0.2, 0.25) is 0 Å². The van der Waals surface area contributed by atoms with Gasteiger partial charge in [0.1, 0.15) is 0 Å². The Kier molecular flexibility index (Phi) is 5.54. The number of hydrogen-bond acceptors (Lipinski definition) is 5. The van der Waals surface area contributed by atoms with Gasteiger partial charge in [-0.15, -0.1) is 0 Å². The molecule has 0 bridgehead atoms. The Bertz CT molecular complexity index is 735. The van der Waals surface area contributed by atoms with Crippen LogP contribution >= 0.6 is 0 Å². The number of benzene rings is 1. The Morgan fingerprint density at radius 2 is 1.14 bits per heavy atom. The lowest BCUT2D eigenvalue weighted by Crippen LogP contribution is -2.41. The van der Waals surface area contributed by atoms with Crippen LogP contribution in [0.1, 0.15) is 55.4 Å². The highest BCUT2D eigenvalue weighted by molar-refractivity contribution is 6.79. The molecule has 1 amide bonds. The third kappa shape index (κ3) is 4.31. The number of para-hydroxylation sites is 1. The molecule has 0 spiro atoms. The summed E-state index contributed by atoms with van der Waals surface area (Å²) in [6, 6.07) is 9.28. The minimum atomic E-state index is -0.753. The zero-order chi connectivity index (χ0) is 21.7. The predicted octanol–water partition coefficient (Wildman–Crippen LogP) is 3.81. The minimum Gasteiger partial charge on any atom is -0.400 e. The molecule has 0 radical (unpaired) electrons. The van der Waals surface area contributed by atoms with Gasteiger partial charge >= 0.3 is 14.2 Å². The molecule has 0 saturated carbocycles. The number of amides is 1. The first-order valence-corrected chi connectivity index (χ1v) is 10.0. The Labute approximate surface area is 174 Å². The Hall–Kier alpha value is -1.60. The van der Waals surface area contributed by atoms with Gasteiger partial charge in [-0.25, -0.2) is 0 Å². The molecule has 8 heteroatoms. The summed E-state index contributed by atoms with van der Waals surface area (Å²) < 4.78 is 24.8. The molecule has 0 atom stereocenters. The van der Waals surface area contributed by atoms with Crippen molar-refractivity contribution in [2.45, 2.75) is 77.8 Å². The molecular formula is C21H31B2NO5. The lowest BCUT2D eigenvalue weighted by molar-refractivity contribution is -0.111. The molecular weight excluding hydrogens is 368 g/mol. The number of rotatable bonds is 4. The Balaban J connectivity index is 1.91. The van der Waals surface area contributed by atoms with Crippen molar-refractivity contribution in [1.82, 2.24) is 0 Å². The van der Waals surface area contributed by atoms with Crippen molar-refractivity contribution in [3.8, 4) is 0 Å². The SMILES string of the molecule is CC1(C)OB(C(=CC(=O)Nc2ccccc2)B2OC(C)(C)C(C)(C)O2)OC1(C)C. The molecule has 2 aliphatic heterocycles. The van der Waals surface area contributed by atoms with Crippen molar-refractivity contribution >= 4 is 25.8 Å². The molecule has 2 aliphatic rings. The average molecular weight is 399 g/mol. The third-order valence-electron chi connectivity index (χ3n) is 6.39. The maximum absolute atomic E-state index is 12.8. The first-order chi connectivity index (χ1) is 13.2. The van der Waals surface area contributed by atoms with E-state index in [1.807, 2.05) is 85.7 Å². The molecule has 1 aromatic rings. The molecule has 29 heavy (non-hydrogen) atoms. The standard InChI is InChI=1S/C21H31B2NO5/c1-18(2)19(3,4)27-22(26-18)16(23-28-20(5,6)21(7,8)29-23)14-17(25)24-15-12-10-9-11-13-15/h9-14H,1-8H3,(H,24,25). The number of nitrogens with one attached hydrogen (secondary N) is 1. The Morgan fingerprint density at radius 1 is 0.759 bits per heavy atom. The van der Waals surface area contributed by atoms with Crippen LogP contribution in [0.3, 0.4) is 0 Å². The van der Waals surface area contributed by atoms with E-state index in [-0.39, 0.29) is 5.91 Å². The van der Waals surface area contributed by atoms with Crippen LogP contribution in [0.5, 0.6) is 0 Å². The lowest BCUT2D eigenvalue weighted by Gasteiger charge is -2.32. The highest BCUT2D eigenvalue weighted by atomic mass is 16.7. The van der Waals surface area contributed by atoms with Gasteiger partial charge in [-0.2, -0.15) is 0 Å². The molecule has 0 unspecified atom stereocenters. The van der Waals surface area contributed by atoms with Gasteiger partial charge in [0.05, 0.1) is 22.4 Å². The maximum atomic E-state index is 12.8. The average Bonchev–Trinajstić information content (AvgIpc) is 2.93. The smallest absolute Gasteiger partial charge is 0.400 e. The highest BCUT2D eigenvalue weighted by Crippen LogP contribution is 2.43. The van der Waals surface area contributed by atoms with Crippen molar-refractivity contribution in [2.24, 2.45) is 0 Å². The molecule has 156 valence electrons. The van der Waals surface area contributed by atoms with E-state index in [0.29, 0.717) is 11.1 Å². The van der Waals surface area contributed by atoms with Gasteiger partial charge in [0.2, 0.25) is 5.91 Å². The molecule has 2 fully saturated rings. The van der Waals surface area contributed by atoms with Gasteiger partial charge in [-0.3, -0.25) is 4.79 Å². The monoisotopic (exact) mass is 399 g/mol. The molecule has 2 saturated heterocycles. The summed E-state index contributed by atoms with van der Waals surface area (Å²) >= 11 is 0. The summed E-state index contributed by atoms with van der Waals surface area (Å²) in [6.07, 6.45) is 1.47. The van der Waals surface area contributed by atoms with E-state index in [1.54, 1.807) is 0 Å². The van der Waals surface area contributed by atoms with Crippen LogP contribution in [0.25, 0.3) is 0 Å². The van der Waals surface area contributed by atoms with Crippen molar-refractivity contribution in [3.63, 3.8) is 0 Å². The number of carbonyl (C=O) groups is 1. The molecule has 6 nitrogen and oxygen atoms in total. The lowest BCUT2D eigenvalue weighted by atomic mass is 9.57. The fourth-order valence-electron chi connectivity index (χ4n) is 3.06. The van der Waals surface area contributed by atoms with Crippen molar-refractivity contribution in [1.29, 1.82) is 0 Å². The molecule has 1 N–H and O–H groups in total. The normalized spacial score (nSPS) is 23.7. The van der Waals surface area contributed by atoms with E-state index in [0.717, 1.165) is 0 Å². The molecule has 0 aromatic heterocycles. The second-order valence-corrected chi connectivity index (χ2v) is 9.68. The van der Waals surface area contributed by atoms with Crippen LogP contribution in [0, 0.1) is 0 Å². The molecule has 0 aliphatic carbocycles.